The van der Waals surface area contributed by atoms with Crippen molar-refractivity contribution in [1.82, 2.24) is 24.6 Å². The Kier molecular flexibility index (Phi) is 4.24. The molecule has 1 fully saturated rings. The molecule has 1 saturated heterocycles. The van der Waals surface area contributed by atoms with Crippen LogP contribution in [0.3, 0.4) is 0 Å². The van der Waals surface area contributed by atoms with Gasteiger partial charge in [0.1, 0.15) is 11.9 Å². The van der Waals surface area contributed by atoms with Crippen LogP contribution in [0.15, 0.2) is 18.5 Å². The zero-order chi connectivity index (χ0) is 15.5. The molecule has 3 heterocycles. The molecule has 2 aromatic rings. The van der Waals surface area contributed by atoms with Crippen molar-refractivity contribution in [2.75, 3.05) is 19.8 Å². The van der Waals surface area contributed by atoms with Crippen LogP contribution in [-0.2, 0) is 16.1 Å². The molecule has 7 heteroatoms. The van der Waals surface area contributed by atoms with Gasteiger partial charge in [0.25, 0.3) is 0 Å². The number of carbonyl (C=O) groups excluding carboxylic acids is 1. The van der Waals surface area contributed by atoms with E-state index in [4.69, 9.17) is 4.74 Å². The summed E-state index contributed by atoms with van der Waals surface area (Å²) in [6.07, 6.45) is 4.10. The van der Waals surface area contributed by atoms with Crippen molar-refractivity contribution in [1.29, 1.82) is 0 Å². The maximum absolute atomic E-state index is 12.6. The van der Waals surface area contributed by atoms with Crippen molar-refractivity contribution in [3.63, 3.8) is 0 Å². The molecule has 1 aliphatic heterocycles. The smallest absolute Gasteiger partial charge is 0.225 e. The van der Waals surface area contributed by atoms with Crippen molar-refractivity contribution in [3.8, 4) is 0 Å². The van der Waals surface area contributed by atoms with Crippen molar-refractivity contribution in [2.45, 2.75) is 32.9 Å². The number of nitrogens with zero attached hydrogens (tertiary/aromatic N) is 4. The van der Waals surface area contributed by atoms with Gasteiger partial charge in [0, 0.05) is 37.6 Å². The van der Waals surface area contributed by atoms with Crippen molar-refractivity contribution >= 4 is 5.91 Å². The van der Waals surface area contributed by atoms with Gasteiger partial charge < -0.3 is 14.6 Å². The van der Waals surface area contributed by atoms with Gasteiger partial charge in [-0.05, 0) is 19.9 Å². The summed E-state index contributed by atoms with van der Waals surface area (Å²) in [5.74, 6) is 0.899. The second-order valence-corrected chi connectivity index (χ2v) is 5.60. The Hall–Kier alpha value is -2.15. The first-order valence-corrected chi connectivity index (χ1v) is 7.52. The van der Waals surface area contributed by atoms with Crippen LogP contribution < -0.4 is 0 Å². The Balaban J connectivity index is 1.66. The molecule has 118 valence electrons. The molecule has 0 saturated carbocycles. The number of carbonyl (C=O) groups is 1. The van der Waals surface area contributed by atoms with Gasteiger partial charge in [0.05, 0.1) is 18.9 Å². The molecule has 22 heavy (non-hydrogen) atoms. The number of imidazole rings is 1. The average Bonchev–Trinajstić information content (AvgIpc) is 3.13. The van der Waals surface area contributed by atoms with E-state index in [-0.39, 0.29) is 11.9 Å². The molecular weight excluding hydrogens is 282 g/mol. The number of hydrogen-bond donors (Lipinski definition) is 1. The van der Waals surface area contributed by atoms with Crippen LogP contribution in [-0.4, -0.2) is 50.3 Å². The van der Waals surface area contributed by atoms with Gasteiger partial charge in [-0.2, -0.15) is 5.10 Å². The second-order valence-electron chi connectivity index (χ2n) is 5.60. The molecule has 3 rings (SSSR count). The average molecular weight is 303 g/mol. The number of ether oxygens (including phenoxy) is 1. The minimum atomic E-state index is -0.130. The fourth-order valence-corrected chi connectivity index (χ4v) is 2.67. The third kappa shape index (κ3) is 3.19. The molecule has 7 nitrogen and oxygen atoms in total. The van der Waals surface area contributed by atoms with Gasteiger partial charge in [-0.1, -0.05) is 0 Å². The number of H-pyrrole nitrogens is 1. The first-order valence-electron chi connectivity index (χ1n) is 7.52. The summed E-state index contributed by atoms with van der Waals surface area (Å²) in [7, 11) is 0. The zero-order valence-corrected chi connectivity index (χ0v) is 13.0. The summed E-state index contributed by atoms with van der Waals surface area (Å²) in [6.45, 7) is 6.14. The summed E-state index contributed by atoms with van der Waals surface area (Å²) < 4.78 is 7.33. The number of morpholine rings is 1. The van der Waals surface area contributed by atoms with Crippen molar-refractivity contribution in [2.24, 2.45) is 0 Å². The molecule has 0 radical (unpaired) electrons. The lowest BCUT2D eigenvalue weighted by Crippen LogP contribution is -2.44. The number of amides is 1. The second kappa shape index (κ2) is 6.31. The molecule has 2 aromatic heterocycles. The van der Waals surface area contributed by atoms with E-state index in [9.17, 15) is 4.79 Å². The number of nitrogens with one attached hydrogen (secondary N) is 1. The SMILES string of the molecule is Cc1ccn(CCC(=O)N2CCOC[C@H]2c2ncc(C)[nH]2)n1. The van der Waals surface area contributed by atoms with Crippen LogP contribution in [0.1, 0.15) is 29.7 Å². The number of aromatic amines is 1. The van der Waals surface area contributed by atoms with Gasteiger partial charge in [-0.25, -0.2) is 4.98 Å². The fourth-order valence-electron chi connectivity index (χ4n) is 2.67. The van der Waals surface area contributed by atoms with E-state index in [1.165, 1.54) is 0 Å². The van der Waals surface area contributed by atoms with Gasteiger partial charge in [0.15, 0.2) is 0 Å². The van der Waals surface area contributed by atoms with Gasteiger partial charge in [-0.3, -0.25) is 9.48 Å². The first-order chi connectivity index (χ1) is 10.6. The predicted molar refractivity (Wildman–Crippen MR) is 80.2 cm³/mol. The molecule has 1 N–H and O–H groups in total. The highest BCUT2D eigenvalue weighted by atomic mass is 16.5. The van der Waals surface area contributed by atoms with E-state index in [2.05, 4.69) is 15.1 Å². The van der Waals surface area contributed by atoms with Gasteiger partial charge in [0.2, 0.25) is 5.91 Å². The molecule has 1 amide bonds. The van der Waals surface area contributed by atoms with Crippen LogP contribution >= 0.6 is 0 Å². The van der Waals surface area contributed by atoms with E-state index in [0.717, 1.165) is 17.2 Å². The normalized spacial score (nSPS) is 18.6. The molecule has 0 aliphatic carbocycles. The zero-order valence-electron chi connectivity index (χ0n) is 13.0. The summed E-state index contributed by atoms with van der Waals surface area (Å²) in [6, 6.07) is 1.81. The Morgan fingerprint density at radius 3 is 3.05 bits per heavy atom. The quantitative estimate of drug-likeness (QED) is 0.921. The van der Waals surface area contributed by atoms with E-state index < -0.39 is 0 Å². The Bertz CT molecular complexity index is 648. The minimum Gasteiger partial charge on any atom is -0.377 e. The molecule has 1 atom stereocenters. The lowest BCUT2D eigenvalue weighted by Gasteiger charge is -2.34. The maximum atomic E-state index is 12.6. The third-order valence-electron chi connectivity index (χ3n) is 3.82. The van der Waals surface area contributed by atoms with Crippen molar-refractivity contribution in [3.05, 3.63) is 35.7 Å². The predicted octanol–water partition coefficient (Wildman–Crippen LogP) is 1.21. The molecular formula is C15H21N5O2. The molecule has 1 aliphatic rings. The third-order valence-corrected chi connectivity index (χ3v) is 3.82. The number of rotatable bonds is 4. The van der Waals surface area contributed by atoms with Crippen LogP contribution in [0.4, 0.5) is 0 Å². The molecule has 0 unspecified atom stereocenters. The van der Waals surface area contributed by atoms with Gasteiger partial charge >= 0.3 is 0 Å². The van der Waals surface area contributed by atoms with Gasteiger partial charge in [-0.15, -0.1) is 0 Å². The van der Waals surface area contributed by atoms with E-state index in [0.29, 0.717) is 32.7 Å². The van der Waals surface area contributed by atoms with E-state index >= 15 is 0 Å². The molecule has 0 bridgehead atoms. The first kappa shape index (κ1) is 14.8. The van der Waals surface area contributed by atoms with Crippen LogP contribution in [0.25, 0.3) is 0 Å². The number of aromatic nitrogens is 4. The highest BCUT2D eigenvalue weighted by molar-refractivity contribution is 5.76. The highest BCUT2D eigenvalue weighted by Gasteiger charge is 2.30. The Labute approximate surface area is 129 Å². The summed E-state index contributed by atoms with van der Waals surface area (Å²) in [4.78, 5) is 22.0. The fraction of sp³-hybridized carbons (Fsp3) is 0.533. The van der Waals surface area contributed by atoms with Crippen LogP contribution in [0.2, 0.25) is 0 Å². The number of hydrogen-bond acceptors (Lipinski definition) is 4. The van der Waals surface area contributed by atoms with Crippen LogP contribution in [0, 0.1) is 13.8 Å². The molecule has 0 aromatic carbocycles. The monoisotopic (exact) mass is 303 g/mol. The van der Waals surface area contributed by atoms with Crippen molar-refractivity contribution < 1.29 is 9.53 Å². The lowest BCUT2D eigenvalue weighted by atomic mass is 10.2. The Morgan fingerprint density at radius 2 is 2.36 bits per heavy atom. The highest BCUT2D eigenvalue weighted by Crippen LogP contribution is 2.22. The van der Waals surface area contributed by atoms with Crippen LogP contribution in [0.5, 0.6) is 0 Å². The topological polar surface area (TPSA) is 76.0 Å². The summed E-state index contributed by atoms with van der Waals surface area (Å²) >= 11 is 0. The minimum absolute atomic E-state index is 0.107. The van der Waals surface area contributed by atoms with E-state index in [1.54, 1.807) is 10.9 Å². The van der Waals surface area contributed by atoms with E-state index in [1.807, 2.05) is 31.0 Å². The maximum Gasteiger partial charge on any atom is 0.225 e. The Morgan fingerprint density at radius 1 is 1.50 bits per heavy atom. The summed E-state index contributed by atoms with van der Waals surface area (Å²) in [5, 5.41) is 4.31. The standard InChI is InChI=1S/C15H21N5O2/c1-11-3-5-19(18-11)6-4-14(21)20-7-8-22-10-13(20)15-16-9-12(2)17-15/h3,5,9,13H,4,6-8,10H2,1-2H3,(H,16,17)/t13-/m0/s1. The number of aryl methyl sites for hydroxylation is 3. The largest absolute Gasteiger partial charge is 0.377 e. The summed E-state index contributed by atoms with van der Waals surface area (Å²) in [5.41, 5.74) is 1.95. The molecule has 0 spiro atoms. The lowest BCUT2D eigenvalue weighted by molar-refractivity contribution is -0.140.